The van der Waals surface area contributed by atoms with Crippen molar-refractivity contribution in [1.29, 1.82) is 5.26 Å². The number of benzene rings is 10. The third-order valence-corrected chi connectivity index (χ3v) is 14.2. The molecular formula is C66H46F3N3. The van der Waals surface area contributed by atoms with E-state index in [1.54, 1.807) is 12.1 Å². The molecule has 0 spiro atoms. The van der Waals surface area contributed by atoms with Gasteiger partial charge in [-0.2, -0.15) is 18.4 Å². The minimum Gasteiger partial charge on any atom is -0.309 e. The fourth-order valence-corrected chi connectivity index (χ4v) is 10.7. The fourth-order valence-electron chi connectivity index (χ4n) is 10.7. The van der Waals surface area contributed by atoms with E-state index in [0.29, 0.717) is 28.1 Å². The average molecular weight is 938 g/mol. The summed E-state index contributed by atoms with van der Waals surface area (Å²) in [5.41, 5.74) is 18.2. The van der Waals surface area contributed by atoms with E-state index < -0.39 is 11.7 Å². The van der Waals surface area contributed by atoms with Crippen LogP contribution in [0.1, 0.15) is 33.4 Å². The van der Waals surface area contributed by atoms with Gasteiger partial charge in [0, 0.05) is 32.7 Å². The zero-order valence-corrected chi connectivity index (χ0v) is 40.1. The van der Waals surface area contributed by atoms with Crippen LogP contribution < -0.4 is 0 Å². The second-order valence-corrected chi connectivity index (χ2v) is 19.1. The van der Waals surface area contributed by atoms with Gasteiger partial charge in [0.1, 0.15) is 0 Å². The van der Waals surface area contributed by atoms with Crippen molar-refractivity contribution in [3.63, 3.8) is 0 Å². The Morgan fingerprint density at radius 1 is 0.347 bits per heavy atom. The fraction of sp³-hybridized carbons (Fsp3) is 0.0758. The summed E-state index contributed by atoms with van der Waals surface area (Å²) in [5, 5.41) is 14.4. The van der Waals surface area contributed by atoms with E-state index in [9.17, 15) is 5.26 Å². The van der Waals surface area contributed by atoms with E-state index in [2.05, 4.69) is 213 Å². The predicted octanol–water partition coefficient (Wildman–Crippen LogP) is 18.3. The van der Waals surface area contributed by atoms with Crippen LogP contribution in [0.3, 0.4) is 0 Å². The molecule has 0 amide bonds. The minimum absolute atomic E-state index is 0.372. The lowest BCUT2D eigenvalue weighted by molar-refractivity contribution is -0.137. The second-order valence-electron chi connectivity index (χ2n) is 19.1. The Labute approximate surface area is 415 Å². The van der Waals surface area contributed by atoms with Crippen LogP contribution in [-0.2, 0) is 6.18 Å². The molecular weight excluding hydrogens is 892 g/mol. The van der Waals surface area contributed by atoms with Crippen LogP contribution in [0.15, 0.2) is 206 Å². The highest BCUT2D eigenvalue weighted by Gasteiger charge is 2.32. The molecule has 2 heterocycles. The van der Waals surface area contributed by atoms with Crippen molar-refractivity contribution in [1.82, 2.24) is 9.13 Å². The Kier molecular flexibility index (Phi) is 10.6. The van der Waals surface area contributed by atoms with Gasteiger partial charge in [0.05, 0.1) is 50.6 Å². The zero-order valence-electron chi connectivity index (χ0n) is 40.1. The number of fused-ring (bicyclic) bond motifs is 6. The van der Waals surface area contributed by atoms with Crippen molar-refractivity contribution in [3.8, 4) is 73.1 Å². The summed E-state index contributed by atoms with van der Waals surface area (Å²) in [7, 11) is 0. The zero-order chi connectivity index (χ0) is 49.4. The number of nitrogens with zero attached hydrogens (tertiary/aromatic N) is 3. The molecule has 0 aliphatic carbocycles. The first-order valence-electron chi connectivity index (χ1n) is 24.1. The van der Waals surface area contributed by atoms with E-state index in [0.717, 1.165) is 110 Å². The van der Waals surface area contributed by atoms with Gasteiger partial charge in [-0.1, -0.05) is 150 Å². The first kappa shape index (κ1) is 44.3. The predicted molar refractivity (Wildman–Crippen MR) is 291 cm³/mol. The van der Waals surface area contributed by atoms with Gasteiger partial charge in [-0.15, -0.1) is 0 Å². The molecule has 2 aromatic heterocycles. The summed E-state index contributed by atoms with van der Waals surface area (Å²) >= 11 is 0. The molecule has 0 saturated heterocycles. The molecule has 0 N–H and O–H groups in total. The van der Waals surface area contributed by atoms with E-state index >= 15 is 13.2 Å². The molecule has 72 heavy (non-hydrogen) atoms. The highest BCUT2D eigenvalue weighted by atomic mass is 19.4. The topological polar surface area (TPSA) is 33.6 Å². The second kappa shape index (κ2) is 17.2. The van der Waals surface area contributed by atoms with Crippen LogP contribution in [-0.4, -0.2) is 9.13 Å². The Morgan fingerprint density at radius 3 is 1.06 bits per heavy atom. The standard InChI is InChI=1S/C66H46F3N3/c1-40-9-5-13-45(29-40)49-18-24-60-55(34-49)56-35-50(46-14-6-10-41(2)30-46)19-25-61(56)71(60)64-28-22-53(66(67,68)69)38-59(64)54-23-17-44(39-70)33-65(54)72-62-26-20-51(47-15-7-11-42(3)31-47)36-57(62)58-37-52(21-27-63(58)72)48-16-8-12-43(4)32-48/h5-38H,1-4H3. The monoisotopic (exact) mass is 937 g/mol. The molecule has 10 aromatic carbocycles. The third-order valence-electron chi connectivity index (χ3n) is 14.2. The van der Waals surface area contributed by atoms with Crippen molar-refractivity contribution in [3.05, 3.63) is 240 Å². The number of aromatic nitrogens is 2. The van der Waals surface area contributed by atoms with Crippen LogP contribution in [0.4, 0.5) is 13.2 Å². The van der Waals surface area contributed by atoms with Crippen molar-refractivity contribution >= 4 is 43.6 Å². The maximum absolute atomic E-state index is 15.2. The maximum atomic E-state index is 15.2. The Hall–Kier alpha value is -8.92. The van der Waals surface area contributed by atoms with Crippen LogP contribution in [0.5, 0.6) is 0 Å². The largest absolute Gasteiger partial charge is 0.416 e. The van der Waals surface area contributed by atoms with Crippen molar-refractivity contribution in [2.45, 2.75) is 33.9 Å². The lowest BCUT2D eigenvalue weighted by Crippen LogP contribution is -2.08. The van der Waals surface area contributed by atoms with Crippen LogP contribution in [0.2, 0.25) is 0 Å². The Balaban J connectivity index is 1.15. The van der Waals surface area contributed by atoms with Gasteiger partial charge in [0.25, 0.3) is 0 Å². The van der Waals surface area contributed by atoms with Crippen molar-refractivity contribution in [2.75, 3.05) is 0 Å². The molecule has 3 nitrogen and oxygen atoms in total. The average Bonchev–Trinajstić information content (AvgIpc) is 3.89. The van der Waals surface area contributed by atoms with E-state index in [-0.39, 0.29) is 0 Å². The summed E-state index contributed by atoms with van der Waals surface area (Å²) in [6, 6.07) is 71.0. The number of hydrogen-bond donors (Lipinski definition) is 0. The van der Waals surface area contributed by atoms with E-state index in [1.807, 2.05) is 12.1 Å². The molecule has 0 unspecified atom stereocenters. The summed E-state index contributed by atoms with van der Waals surface area (Å²) in [4.78, 5) is 0. The molecule has 0 fully saturated rings. The smallest absolute Gasteiger partial charge is 0.309 e. The molecule has 0 aliphatic heterocycles. The van der Waals surface area contributed by atoms with Crippen molar-refractivity contribution in [2.24, 2.45) is 0 Å². The number of halogens is 3. The lowest BCUT2D eigenvalue weighted by Gasteiger charge is -2.20. The van der Waals surface area contributed by atoms with Gasteiger partial charge >= 0.3 is 6.18 Å². The third kappa shape index (κ3) is 7.71. The lowest BCUT2D eigenvalue weighted by atomic mass is 9.96. The Morgan fingerprint density at radius 2 is 0.708 bits per heavy atom. The summed E-state index contributed by atoms with van der Waals surface area (Å²) in [6.07, 6.45) is -4.64. The number of hydrogen-bond acceptors (Lipinski definition) is 1. The number of nitriles is 1. The van der Waals surface area contributed by atoms with E-state index in [4.69, 9.17) is 0 Å². The molecule has 0 atom stereocenters. The SMILES string of the molecule is Cc1cccc(-c2ccc3c(c2)c2cc(-c4cccc(C)c4)ccc2n3-c2ccc(C(F)(F)F)cc2-c2ccc(C#N)cc2-n2c3ccc(-c4cccc(C)c4)cc3c3cc(-c4cccc(C)c4)ccc32)c1. The van der Waals surface area contributed by atoms with E-state index in [1.165, 1.54) is 12.1 Å². The van der Waals surface area contributed by atoms with Gasteiger partial charge in [0.2, 0.25) is 0 Å². The number of alkyl halides is 3. The number of aryl methyl sites for hydroxylation is 4. The summed E-state index contributed by atoms with van der Waals surface area (Å²) in [6.45, 7) is 8.32. The highest BCUT2D eigenvalue weighted by Crippen LogP contribution is 2.45. The normalized spacial score (nSPS) is 11.8. The van der Waals surface area contributed by atoms with Crippen molar-refractivity contribution < 1.29 is 13.2 Å². The molecule has 0 saturated carbocycles. The minimum atomic E-state index is -4.64. The van der Waals surface area contributed by atoms with Crippen LogP contribution >= 0.6 is 0 Å². The summed E-state index contributed by atoms with van der Waals surface area (Å²) < 4.78 is 49.8. The molecule has 12 aromatic rings. The first-order chi connectivity index (χ1) is 34.9. The molecule has 12 rings (SSSR count). The summed E-state index contributed by atoms with van der Waals surface area (Å²) in [5.74, 6) is 0. The number of rotatable bonds is 7. The molecule has 0 bridgehead atoms. The van der Waals surface area contributed by atoms with Gasteiger partial charge in [-0.05, 0) is 151 Å². The van der Waals surface area contributed by atoms with Gasteiger partial charge < -0.3 is 9.13 Å². The molecule has 0 radical (unpaired) electrons. The first-order valence-corrected chi connectivity index (χ1v) is 24.1. The van der Waals surface area contributed by atoms with Crippen LogP contribution in [0.25, 0.3) is 111 Å². The molecule has 346 valence electrons. The highest BCUT2D eigenvalue weighted by molar-refractivity contribution is 6.14. The molecule has 6 heteroatoms. The molecule has 0 aliphatic rings. The maximum Gasteiger partial charge on any atom is 0.416 e. The van der Waals surface area contributed by atoms with Gasteiger partial charge in [0.15, 0.2) is 0 Å². The quantitative estimate of drug-likeness (QED) is 0.157. The Bertz CT molecular complexity index is 4010. The van der Waals surface area contributed by atoms with Crippen LogP contribution in [0, 0.1) is 39.0 Å². The van der Waals surface area contributed by atoms with Gasteiger partial charge in [-0.3, -0.25) is 0 Å². The van der Waals surface area contributed by atoms with Gasteiger partial charge in [-0.25, -0.2) is 0 Å².